The van der Waals surface area contributed by atoms with Crippen LogP contribution in [0.15, 0.2) is 51.8 Å². The molecule has 0 aliphatic rings. The Balaban J connectivity index is 1.99. The van der Waals surface area contributed by atoms with Gasteiger partial charge in [-0.05, 0) is 35.9 Å². The molecule has 0 spiro atoms. The van der Waals surface area contributed by atoms with Crippen molar-refractivity contribution in [3.63, 3.8) is 0 Å². The van der Waals surface area contributed by atoms with Gasteiger partial charge in [-0.15, -0.1) is 24.9 Å². The van der Waals surface area contributed by atoms with E-state index in [1.165, 1.54) is 23.9 Å². The third-order valence-electron chi connectivity index (χ3n) is 2.53. The summed E-state index contributed by atoms with van der Waals surface area (Å²) in [5.41, 5.74) is 7.41. The first-order chi connectivity index (χ1) is 9.83. The van der Waals surface area contributed by atoms with Crippen LogP contribution in [0.4, 0.5) is 18.9 Å². The van der Waals surface area contributed by atoms with Gasteiger partial charge in [-0.25, -0.2) is 0 Å². The van der Waals surface area contributed by atoms with Gasteiger partial charge in [0.15, 0.2) is 0 Å². The van der Waals surface area contributed by atoms with Crippen LogP contribution in [0.1, 0.15) is 5.56 Å². The minimum Gasteiger partial charge on any atom is -0.406 e. The normalized spacial score (nSPS) is 11.4. The number of anilines is 1. The van der Waals surface area contributed by atoms with Crippen molar-refractivity contribution in [3.05, 3.63) is 52.5 Å². The van der Waals surface area contributed by atoms with Crippen molar-refractivity contribution < 1.29 is 17.9 Å². The molecule has 0 bridgehead atoms. The minimum atomic E-state index is -4.67. The summed E-state index contributed by atoms with van der Waals surface area (Å²) in [4.78, 5) is 0.917. The van der Waals surface area contributed by atoms with Gasteiger partial charge in [-0.1, -0.05) is 28.1 Å². The first kappa shape index (κ1) is 16.0. The van der Waals surface area contributed by atoms with Gasteiger partial charge in [0.05, 0.1) is 0 Å². The fourth-order valence-electron chi connectivity index (χ4n) is 1.58. The fourth-order valence-corrected chi connectivity index (χ4v) is 3.05. The second-order valence-corrected chi connectivity index (χ2v) is 6.10. The molecule has 0 atom stereocenters. The van der Waals surface area contributed by atoms with Crippen molar-refractivity contribution >= 4 is 33.4 Å². The van der Waals surface area contributed by atoms with E-state index >= 15 is 0 Å². The molecule has 2 N–H and O–H groups in total. The van der Waals surface area contributed by atoms with E-state index in [2.05, 4.69) is 20.7 Å². The van der Waals surface area contributed by atoms with Crippen LogP contribution in [0.3, 0.4) is 0 Å². The minimum absolute atomic E-state index is 0.224. The van der Waals surface area contributed by atoms with E-state index in [1.54, 1.807) is 18.2 Å². The van der Waals surface area contributed by atoms with E-state index in [-0.39, 0.29) is 5.75 Å². The molecule has 0 heterocycles. The van der Waals surface area contributed by atoms with E-state index < -0.39 is 6.36 Å². The number of alkyl halides is 3. The Bertz CT molecular complexity index is 617. The fraction of sp³-hybridized carbons (Fsp3) is 0.143. The Hall–Kier alpha value is -1.34. The molecule has 0 saturated carbocycles. The number of thioether (sulfide) groups is 1. The largest absolute Gasteiger partial charge is 0.573 e. The second kappa shape index (κ2) is 6.62. The lowest BCUT2D eigenvalue weighted by atomic mass is 10.2. The van der Waals surface area contributed by atoms with E-state index in [4.69, 9.17) is 5.73 Å². The monoisotopic (exact) mass is 377 g/mol. The van der Waals surface area contributed by atoms with Crippen molar-refractivity contribution in [2.75, 3.05) is 5.73 Å². The SMILES string of the molecule is Nc1ccc(Br)cc1SCc1ccc(OC(F)(F)F)cc1. The number of ether oxygens (including phenoxy) is 1. The molecule has 0 unspecified atom stereocenters. The van der Waals surface area contributed by atoms with Crippen molar-refractivity contribution in [2.45, 2.75) is 17.0 Å². The van der Waals surface area contributed by atoms with Gasteiger partial charge >= 0.3 is 6.36 Å². The van der Waals surface area contributed by atoms with Gasteiger partial charge in [0, 0.05) is 20.8 Å². The Kier molecular flexibility index (Phi) is 5.05. The predicted octanol–water partition coefficient (Wildman–Crippen LogP) is 5.22. The molecule has 0 aliphatic heterocycles. The molecule has 2 nitrogen and oxygen atoms in total. The maximum atomic E-state index is 12.0. The number of benzene rings is 2. The predicted molar refractivity (Wildman–Crippen MR) is 81.2 cm³/mol. The van der Waals surface area contributed by atoms with E-state index in [0.717, 1.165) is 14.9 Å². The van der Waals surface area contributed by atoms with Gasteiger partial charge in [0.25, 0.3) is 0 Å². The van der Waals surface area contributed by atoms with Crippen molar-refractivity contribution in [1.82, 2.24) is 0 Å². The highest BCUT2D eigenvalue weighted by Gasteiger charge is 2.30. The summed E-state index contributed by atoms with van der Waals surface area (Å²) in [5, 5.41) is 0. The van der Waals surface area contributed by atoms with E-state index in [0.29, 0.717) is 11.4 Å². The lowest BCUT2D eigenvalue weighted by Crippen LogP contribution is -2.16. The highest BCUT2D eigenvalue weighted by Crippen LogP contribution is 2.31. The van der Waals surface area contributed by atoms with Gasteiger partial charge in [0.1, 0.15) is 5.75 Å². The van der Waals surface area contributed by atoms with Crippen LogP contribution in [0.25, 0.3) is 0 Å². The summed E-state index contributed by atoms with van der Waals surface area (Å²) in [6, 6.07) is 11.3. The van der Waals surface area contributed by atoms with Crippen LogP contribution in [0.2, 0.25) is 0 Å². The lowest BCUT2D eigenvalue weighted by Gasteiger charge is -2.09. The molecule has 0 saturated heterocycles. The van der Waals surface area contributed by atoms with Crippen LogP contribution < -0.4 is 10.5 Å². The van der Waals surface area contributed by atoms with Crippen LogP contribution in [0.5, 0.6) is 5.75 Å². The highest BCUT2D eigenvalue weighted by molar-refractivity contribution is 9.10. The third-order valence-corrected chi connectivity index (χ3v) is 4.16. The van der Waals surface area contributed by atoms with Crippen LogP contribution >= 0.6 is 27.7 Å². The molecule has 0 aromatic heterocycles. The average Bonchev–Trinajstić information content (AvgIpc) is 2.40. The van der Waals surface area contributed by atoms with Crippen molar-refractivity contribution in [3.8, 4) is 5.75 Å². The lowest BCUT2D eigenvalue weighted by molar-refractivity contribution is -0.274. The van der Waals surface area contributed by atoms with E-state index in [1.807, 2.05) is 12.1 Å². The first-order valence-electron chi connectivity index (χ1n) is 5.86. The Morgan fingerprint density at radius 2 is 1.76 bits per heavy atom. The smallest absolute Gasteiger partial charge is 0.406 e. The maximum Gasteiger partial charge on any atom is 0.573 e. The maximum absolute atomic E-state index is 12.0. The topological polar surface area (TPSA) is 35.2 Å². The summed E-state index contributed by atoms with van der Waals surface area (Å²) < 4.78 is 40.9. The third kappa shape index (κ3) is 5.17. The molecule has 2 aromatic rings. The summed E-state index contributed by atoms with van der Waals surface area (Å²) in [6.07, 6.45) is -4.67. The summed E-state index contributed by atoms with van der Waals surface area (Å²) in [5.74, 6) is 0.380. The van der Waals surface area contributed by atoms with Gasteiger partial charge in [0.2, 0.25) is 0 Å². The molecule has 0 aliphatic carbocycles. The molecular weight excluding hydrogens is 367 g/mol. The molecule has 0 radical (unpaired) electrons. The number of hydrogen-bond acceptors (Lipinski definition) is 3. The van der Waals surface area contributed by atoms with Crippen molar-refractivity contribution in [1.29, 1.82) is 0 Å². The molecule has 0 fully saturated rings. The molecule has 21 heavy (non-hydrogen) atoms. The Labute approximate surface area is 132 Å². The number of hydrogen-bond donors (Lipinski definition) is 1. The molecule has 2 rings (SSSR count). The van der Waals surface area contributed by atoms with Crippen LogP contribution in [-0.4, -0.2) is 6.36 Å². The molecule has 2 aromatic carbocycles. The summed E-state index contributed by atoms with van der Waals surface area (Å²) in [6.45, 7) is 0. The summed E-state index contributed by atoms with van der Waals surface area (Å²) in [7, 11) is 0. The van der Waals surface area contributed by atoms with Crippen molar-refractivity contribution in [2.24, 2.45) is 0 Å². The molecule has 0 amide bonds. The number of halogens is 4. The summed E-state index contributed by atoms with van der Waals surface area (Å²) >= 11 is 4.88. The zero-order chi connectivity index (χ0) is 15.5. The standard InChI is InChI=1S/C14H11BrF3NOS/c15-10-3-6-12(19)13(7-10)21-8-9-1-4-11(5-2-9)20-14(16,17)18/h1-7H,8,19H2. The number of rotatable bonds is 4. The zero-order valence-corrected chi connectivity index (χ0v) is 13.1. The average molecular weight is 378 g/mol. The van der Waals surface area contributed by atoms with Gasteiger partial charge in [-0.2, -0.15) is 0 Å². The number of nitrogen functional groups attached to an aromatic ring is 1. The number of nitrogens with two attached hydrogens (primary N) is 1. The molecule has 112 valence electrons. The highest BCUT2D eigenvalue weighted by atomic mass is 79.9. The zero-order valence-electron chi connectivity index (χ0n) is 10.7. The molecule has 7 heteroatoms. The quantitative estimate of drug-likeness (QED) is 0.585. The van der Waals surface area contributed by atoms with Crippen LogP contribution in [-0.2, 0) is 5.75 Å². The Morgan fingerprint density at radius 1 is 1.10 bits per heavy atom. The van der Waals surface area contributed by atoms with E-state index in [9.17, 15) is 13.2 Å². The Morgan fingerprint density at radius 3 is 2.38 bits per heavy atom. The van der Waals surface area contributed by atoms with Gasteiger partial charge in [-0.3, -0.25) is 0 Å². The van der Waals surface area contributed by atoms with Gasteiger partial charge < -0.3 is 10.5 Å². The molecular formula is C14H11BrF3NOS. The first-order valence-corrected chi connectivity index (χ1v) is 7.64. The van der Waals surface area contributed by atoms with Crippen LogP contribution in [0, 0.1) is 0 Å². The second-order valence-electron chi connectivity index (χ2n) is 4.16.